The van der Waals surface area contributed by atoms with Crippen molar-refractivity contribution in [2.45, 2.75) is 9.79 Å². The van der Waals surface area contributed by atoms with E-state index in [0.29, 0.717) is 0 Å². The highest BCUT2D eigenvalue weighted by Crippen LogP contribution is 2.54. The van der Waals surface area contributed by atoms with E-state index < -0.39 is 0 Å². The van der Waals surface area contributed by atoms with Gasteiger partial charge in [0.25, 0.3) is 0 Å². The minimum Gasteiger partial charge on any atom is -0.310 e. The SMILES string of the molecule is c1ccc(N(c2ccccc2)c2ccc3c(c2)Sc2cc(N(c4ccccc4)c4ccccc4)ccc2N3c2ccccn2)cc1. The Morgan fingerprint density at radius 2 is 0.783 bits per heavy atom. The molecule has 5 heteroatoms. The number of nitrogens with zero attached hydrogens (tertiary/aromatic N) is 4. The molecule has 0 aliphatic carbocycles. The van der Waals surface area contributed by atoms with Crippen LogP contribution in [-0.4, -0.2) is 4.98 Å². The molecule has 8 rings (SSSR count). The molecule has 0 spiro atoms. The first-order valence-electron chi connectivity index (χ1n) is 15.3. The van der Waals surface area contributed by atoms with Crippen molar-refractivity contribution in [2.75, 3.05) is 14.7 Å². The van der Waals surface area contributed by atoms with E-state index in [-0.39, 0.29) is 0 Å². The van der Waals surface area contributed by atoms with Crippen LogP contribution in [0.5, 0.6) is 0 Å². The van der Waals surface area contributed by atoms with Gasteiger partial charge in [-0.3, -0.25) is 4.90 Å². The molecule has 0 radical (unpaired) electrons. The standard InChI is InChI=1S/C41H30N4S/c1-5-15-31(16-6-1)43(32-17-7-2-8-18-32)35-24-26-37-39(29-35)46-40-30-36(25-27-38(40)45(37)41-23-13-14-28-42-41)44(33-19-9-3-10-20-33)34-21-11-4-12-22-34/h1-30H. The Labute approximate surface area is 273 Å². The molecule has 2 heterocycles. The topological polar surface area (TPSA) is 22.6 Å². The van der Waals surface area contributed by atoms with E-state index in [4.69, 9.17) is 4.98 Å². The fourth-order valence-corrected chi connectivity index (χ4v) is 7.12. The zero-order chi connectivity index (χ0) is 30.7. The summed E-state index contributed by atoms with van der Waals surface area (Å²) in [6.07, 6.45) is 1.86. The third kappa shape index (κ3) is 5.27. The summed E-state index contributed by atoms with van der Waals surface area (Å²) in [6, 6.07) is 61.7. The van der Waals surface area contributed by atoms with E-state index in [0.717, 1.165) is 61.1 Å². The van der Waals surface area contributed by atoms with E-state index >= 15 is 0 Å². The molecule has 0 saturated carbocycles. The third-order valence-electron chi connectivity index (χ3n) is 8.04. The van der Waals surface area contributed by atoms with E-state index in [9.17, 15) is 0 Å². The van der Waals surface area contributed by atoms with Crippen molar-refractivity contribution in [3.8, 4) is 0 Å². The zero-order valence-electron chi connectivity index (χ0n) is 25.0. The van der Waals surface area contributed by atoms with Crippen LogP contribution in [0.4, 0.5) is 51.3 Å². The Hall–Kier alpha value is -5.78. The average Bonchev–Trinajstić information content (AvgIpc) is 3.13. The lowest BCUT2D eigenvalue weighted by Crippen LogP contribution is -2.17. The van der Waals surface area contributed by atoms with Gasteiger partial charge in [0.2, 0.25) is 0 Å². The summed E-state index contributed by atoms with van der Waals surface area (Å²) in [5.74, 6) is 0.886. The van der Waals surface area contributed by atoms with Crippen molar-refractivity contribution in [1.29, 1.82) is 0 Å². The maximum Gasteiger partial charge on any atom is 0.137 e. The van der Waals surface area contributed by atoms with Gasteiger partial charge in [-0.2, -0.15) is 0 Å². The van der Waals surface area contributed by atoms with Crippen molar-refractivity contribution in [2.24, 2.45) is 0 Å². The van der Waals surface area contributed by atoms with Crippen molar-refractivity contribution in [3.05, 3.63) is 182 Å². The molecule has 6 aromatic carbocycles. The summed E-state index contributed by atoms with van der Waals surface area (Å²) >= 11 is 1.80. The van der Waals surface area contributed by atoms with Crippen LogP contribution in [0.1, 0.15) is 0 Å². The van der Waals surface area contributed by atoms with Gasteiger partial charge in [0.15, 0.2) is 0 Å². The van der Waals surface area contributed by atoms with Crippen LogP contribution in [0, 0.1) is 0 Å². The summed E-state index contributed by atoms with van der Waals surface area (Å²) in [7, 11) is 0. The summed E-state index contributed by atoms with van der Waals surface area (Å²) in [4.78, 5) is 14.0. The molecule has 46 heavy (non-hydrogen) atoms. The molecule has 1 aliphatic rings. The monoisotopic (exact) mass is 610 g/mol. The molecule has 4 nitrogen and oxygen atoms in total. The Morgan fingerprint density at radius 1 is 0.391 bits per heavy atom. The number of aromatic nitrogens is 1. The number of para-hydroxylation sites is 4. The lowest BCUT2D eigenvalue weighted by Gasteiger charge is -2.34. The lowest BCUT2D eigenvalue weighted by atomic mass is 10.1. The first-order valence-corrected chi connectivity index (χ1v) is 16.1. The van der Waals surface area contributed by atoms with Crippen molar-refractivity contribution < 1.29 is 0 Å². The molecular formula is C41H30N4S. The summed E-state index contributed by atoms with van der Waals surface area (Å²) in [5, 5.41) is 0. The Morgan fingerprint density at radius 3 is 1.15 bits per heavy atom. The molecule has 0 saturated heterocycles. The second-order valence-corrected chi connectivity index (χ2v) is 12.0. The van der Waals surface area contributed by atoms with Gasteiger partial charge in [0, 0.05) is 50.1 Å². The zero-order valence-corrected chi connectivity index (χ0v) is 25.8. The molecule has 7 aromatic rings. The molecule has 220 valence electrons. The first-order chi connectivity index (χ1) is 22.8. The lowest BCUT2D eigenvalue weighted by molar-refractivity contribution is 1.10. The molecule has 0 amide bonds. The van der Waals surface area contributed by atoms with Gasteiger partial charge in [0.05, 0.1) is 11.4 Å². The fourth-order valence-electron chi connectivity index (χ4n) is 6.00. The summed E-state index contributed by atoms with van der Waals surface area (Å²) in [6.45, 7) is 0. The van der Waals surface area contributed by atoms with E-state index in [1.54, 1.807) is 11.8 Å². The number of hydrogen-bond acceptors (Lipinski definition) is 5. The van der Waals surface area contributed by atoms with Crippen LogP contribution in [0.15, 0.2) is 192 Å². The molecule has 1 aromatic heterocycles. The van der Waals surface area contributed by atoms with Gasteiger partial charge >= 0.3 is 0 Å². The van der Waals surface area contributed by atoms with Gasteiger partial charge < -0.3 is 9.80 Å². The maximum absolute atomic E-state index is 4.80. The molecule has 0 unspecified atom stereocenters. The van der Waals surface area contributed by atoms with Gasteiger partial charge in [-0.05, 0) is 97.1 Å². The van der Waals surface area contributed by atoms with E-state index in [1.165, 1.54) is 0 Å². The second kappa shape index (κ2) is 12.3. The van der Waals surface area contributed by atoms with E-state index in [2.05, 4.69) is 178 Å². The molecule has 0 fully saturated rings. The third-order valence-corrected chi connectivity index (χ3v) is 9.13. The van der Waals surface area contributed by atoms with Gasteiger partial charge in [0.1, 0.15) is 5.82 Å². The average molecular weight is 611 g/mol. The highest BCUT2D eigenvalue weighted by Gasteiger charge is 2.28. The molecule has 0 N–H and O–H groups in total. The van der Waals surface area contributed by atoms with E-state index in [1.807, 2.05) is 18.3 Å². The predicted octanol–water partition coefficient (Wildman–Crippen LogP) is 12.0. The van der Waals surface area contributed by atoms with Crippen LogP contribution in [0.3, 0.4) is 0 Å². The number of rotatable bonds is 7. The Balaban J connectivity index is 1.28. The maximum atomic E-state index is 4.80. The highest BCUT2D eigenvalue weighted by molar-refractivity contribution is 7.99. The number of benzene rings is 6. The predicted molar refractivity (Wildman–Crippen MR) is 192 cm³/mol. The minimum absolute atomic E-state index is 0.886. The second-order valence-electron chi connectivity index (χ2n) is 10.9. The highest BCUT2D eigenvalue weighted by atomic mass is 32.2. The Kier molecular flexibility index (Phi) is 7.43. The molecule has 0 atom stereocenters. The van der Waals surface area contributed by atoms with Gasteiger partial charge in [-0.25, -0.2) is 4.98 Å². The number of hydrogen-bond donors (Lipinski definition) is 0. The van der Waals surface area contributed by atoms with Gasteiger partial charge in [-0.15, -0.1) is 0 Å². The summed E-state index contributed by atoms with van der Waals surface area (Å²) in [5.41, 5.74) is 8.85. The van der Waals surface area contributed by atoms with Crippen molar-refractivity contribution in [1.82, 2.24) is 4.98 Å². The largest absolute Gasteiger partial charge is 0.310 e. The molecular weight excluding hydrogens is 581 g/mol. The smallest absolute Gasteiger partial charge is 0.137 e. The minimum atomic E-state index is 0.886. The van der Waals surface area contributed by atoms with Crippen LogP contribution < -0.4 is 14.7 Å². The fraction of sp³-hybridized carbons (Fsp3) is 0. The normalized spacial score (nSPS) is 11.8. The van der Waals surface area contributed by atoms with Crippen LogP contribution in [0.2, 0.25) is 0 Å². The number of pyridine rings is 1. The number of anilines is 9. The van der Waals surface area contributed by atoms with Crippen LogP contribution >= 0.6 is 11.8 Å². The van der Waals surface area contributed by atoms with Crippen LogP contribution in [-0.2, 0) is 0 Å². The van der Waals surface area contributed by atoms with Crippen LogP contribution in [0.25, 0.3) is 0 Å². The summed E-state index contributed by atoms with van der Waals surface area (Å²) < 4.78 is 0. The molecule has 1 aliphatic heterocycles. The van der Waals surface area contributed by atoms with Gasteiger partial charge in [-0.1, -0.05) is 90.6 Å². The molecule has 0 bridgehead atoms. The first kappa shape index (κ1) is 27.7. The number of fused-ring (bicyclic) bond motifs is 2. The van der Waals surface area contributed by atoms with Crippen molar-refractivity contribution >= 4 is 63.1 Å². The quantitative estimate of drug-likeness (QED) is 0.179. The van der Waals surface area contributed by atoms with Crippen molar-refractivity contribution in [3.63, 3.8) is 0 Å². The Bertz CT molecular complexity index is 1860.